The minimum atomic E-state index is -2.98. The van der Waals surface area contributed by atoms with E-state index in [2.05, 4.69) is 98.8 Å². The normalized spacial score (nSPS) is 11.9. The third-order valence-electron chi connectivity index (χ3n) is 6.39. The molecule has 0 saturated heterocycles. The van der Waals surface area contributed by atoms with Gasteiger partial charge in [-0.1, -0.05) is 124 Å². The molecular weight excluding hydrogens is 420 g/mol. The second-order valence-electron chi connectivity index (χ2n) is 8.78. The summed E-state index contributed by atoms with van der Waals surface area (Å²) in [5, 5.41) is 7.41. The van der Waals surface area contributed by atoms with Crippen molar-refractivity contribution in [3.05, 3.63) is 84.9 Å². The van der Waals surface area contributed by atoms with Crippen molar-refractivity contribution < 1.29 is 8.85 Å². The zero-order valence-electron chi connectivity index (χ0n) is 20.1. The Bertz CT molecular complexity index is 1070. The van der Waals surface area contributed by atoms with E-state index in [0.29, 0.717) is 0 Å². The van der Waals surface area contributed by atoms with Crippen molar-refractivity contribution in [3.63, 3.8) is 0 Å². The summed E-state index contributed by atoms with van der Waals surface area (Å²) < 4.78 is 14.0. The van der Waals surface area contributed by atoms with E-state index in [1.165, 1.54) is 57.6 Å². The highest BCUT2D eigenvalue weighted by Crippen LogP contribution is 2.23. The maximum absolute atomic E-state index is 7.02. The van der Waals surface area contributed by atoms with Gasteiger partial charge in [-0.2, -0.15) is 0 Å². The highest BCUT2D eigenvalue weighted by Gasteiger charge is 2.45. The summed E-state index contributed by atoms with van der Waals surface area (Å²) in [5.41, 5.74) is 0. The summed E-state index contributed by atoms with van der Waals surface area (Å²) in [6.45, 7) is 5.92. The Hall–Kier alpha value is -2.46. The van der Waals surface area contributed by atoms with Gasteiger partial charge in [-0.15, -0.1) is 0 Å². The lowest BCUT2D eigenvalue weighted by Gasteiger charge is -2.33. The molecule has 172 valence electrons. The number of unbranched alkanes of at least 4 members (excludes halogenated alkanes) is 4. The lowest BCUT2D eigenvalue weighted by molar-refractivity contribution is 0.185. The monoisotopic (exact) mass is 456 g/mol. The van der Waals surface area contributed by atoms with Crippen LogP contribution >= 0.6 is 0 Å². The average molecular weight is 457 g/mol. The van der Waals surface area contributed by atoms with Crippen molar-refractivity contribution in [1.82, 2.24) is 0 Å². The van der Waals surface area contributed by atoms with Crippen molar-refractivity contribution in [3.8, 4) is 0 Å². The molecule has 3 heteroatoms. The summed E-state index contributed by atoms with van der Waals surface area (Å²) in [7, 11) is -2.98. The van der Waals surface area contributed by atoms with E-state index in [1.54, 1.807) is 0 Å². The zero-order valence-corrected chi connectivity index (χ0v) is 21.1. The van der Waals surface area contributed by atoms with Crippen LogP contribution < -0.4 is 10.4 Å². The topological polar surface area (TPSA) is 18.5 Å². The van der Waals surface area contributed by atoms with Gasteiger partial charge in [-0.25, -0.2) is 0 Å². The fourth-order valence-corrected chi connectivity index (χ4v) is 8.31. The Kier molecular flexibility index (Phi) is 8.33. The van der Waals surface area contributed by atoms with Gasteiger partial charge in [0.05, 0.1) is 0 Å². The summed E-state index contributed by atoms with van der Waals surface area (Å²) >= 11 is 0. The van der Waals surface area contributed by atoms with Crippen LogP contribution in [0.4, 0.5) is 0 Å². The van der Waals surface area contributed by atoms with E-state index < -0.39 is 8.56 Å². The Morgan fingerprint density at radius 1 is 0.515 bits per heavy atom. The van der Waals surface area contributed by atoms with Gasteiger partial charge >= 0.3 is 8.56 Å². The van der Waals surface area contributed by atoms with Gasteiger partial charge in [-0.3, -0.25) is 0 Å². The molecule has 4 aromatic carbocycles. The molecule has 4 rings (SSSR count). The number of rotatable bonds is 12. The molecule has 0 amide bonds. The third-order valence-corrected chi connectivity index (χ3v) is 9.91. The first-order valence-corrected chi connectivity index (χ1v) is 14.4. The van der Waals surface area contributed by atoms with Crippen LogP contribution in [0, 0.1) is 0 Å². The summed E-state index contributed by atoms with van der Waals surface area (Å²) in [4.78, 5) is 0. The van der Waals surface area contributed by atoms with Crippen molar-refractivity contribution >= 4 is 40.5 Å². The third kappa shape index (κ3) is 5.21. The molecule has 2 nitrogen and oxygen atoms in total. The quantitative estimate of drug-likeness (QED) is 0.169. The molecule has 0 bridgehead atoms. The van der Waals surface area contributed by atoms with Crippen molar-refractivity contribution in [2.75, 3.05) is 13.2 Å². The van der Waals surface area contributed by atoms with Crippen LogP contribution in [0.1, 0.15) is 52.4 Å². The van der Waals surface area contributed by atoms with E-state index in [-0.39, 0.29) is 0 Å². The first-order chi connectivity index (χ1) is 16.3. The average Bonchev–Trinajstić information content (AvgIpc) is 2.87. The number of benzene rings is 4. The molecule has 33 heavy (non-hydrogen) atoms. The Labute approximate surface area is 199 Å². The zero-order chi connectivity index (χ0) is 22.9. The SMILES string of the molecule is CCCCCO[Si](OCCCCC)(c1cccc2ccccc12)c1cccc2ccccc12. The number of hydrogen-bond donors (Lipinski definition) is 0. The van der Waals surface area contributed by atoms with Gasteiger partial charge in [0.25, 0.3) is 0 Å². The smallest absolute Gasteiger partial charge is 0.388 e. The van der Waals surface area contributed by atoms with Gasteiger partial charge in [0.15, 0.2) is 0 Å². The van der Waals surface area contributed by atoms with Gasteiger partial charge < -0.3 is 8.85 Å². The molecule has 0 heterocycles. The van der Waals surface area contributed by atoms with Gasteiger partial charge in [-0.05, 0) is 34.4 Å². The van der Waals surface area contributed by atoms with E-state index in [9.17, 15) is 0 Å². The van der Waals surface area contributed by atoms with E-state index >= 15 is 0 Å². The first-order valence-electron chi connectivity index (χ1n) is 12.5. The van der Waals surface area contributed by atoms with Crippen LogP contribution in [0.2, 0.25) is 0 Å². The predicted octanol–water partition coefficient (Wildman–Crippen LogP) is 6.96. The highest BCUT2D eigenvalue weighted by molar-refractivity contribution is 6.95. The molecule has 4 aromatic rings. The van der Waals surface area contributed by atoms with Crippen molar-refractivity contribution in [1.29, 1.82) is 0 Å². The largest absolute Gasteiger partial charge is 0.408 e. The van der Waals surface area contributed by atoms with Crippen LogP contribution in [0.25, 0.3) is 21.5 Å². The molecule has 0 unspecified atom stereocenters. The predicted molar refractivity (Wildman–Crippen MR) is 144 cm³/mol. The highest BCUT2D eigenvalue weighted by atomic mass is 28.4. The second-order valence-corrected chi connectivity index (χ2v) is 11.7. The van der Waals surface area contributed by atoms with E-state index in [1.807, 2.05) is 0 Å². The van der Waals surface area contributed by atoms with Crippen LogP contribution in [-0.4, -0.2) is 21.8 Å². The molecule has 0 N–H and O–H groups in total. The number of hydrogen-bond acceptors (Lipinski definition) is 2. The Balaban J connectivity index is 1.92. The molecule has 0 spiro atoms. The maximum Gasteiger partial charge on any atom is 0.408 e. The lowest BCUT2D eigenvalue weighted by Crippen LogP contribution is -2.64. The van der Waals surface area contributed by atoms with Crippen LogP contribution in [0.15, 0.2) is 84.9 Å². The molecule has 0 aromatic heterocycles. The van der Waals surface area contributed by atoms with Crippen molar-refractivity contribution in [2.45, 2.75) is 52.4 Å². The van der Waals surface area contributed by atoms with E-state index in [0.717, 1.165) is 26.1 Å². The van der Waals surface area contributed by atoms with Gasteiger partial charge in [0.2, 0.25) is 0 Å². The summed E-state index contributed by atoms with van der Waals surface area (Å²) in [6.07, 6.45) is 6.81. The molecule has 0 aliphatic heterocycles. The van der Waals surface area contributed by atoms with Crippen LogP contribution in [-0.2, 0) is 8.85 Å². The molecule has 0 radical (unpaired) electrons. The molecular formula is C30H36O2Si. The molecule has 0 aliphatic carbocycles. The Morgan fingerprint density at radius 2 is 0.939 bits per heavy atom. The molecule has 0 atom stereocenters. The minimum absolute atomic E-state index is 0.723. The van der Waals surface area contributed by atoms with Crippen LogP contribution in [0.3, 0.4) is 0 Å². The van der Waals surface area contributed by atoms with Crippen molar-refractivity contribution in [2.24, 2.45) is 0 Å². The molecule has 0 saturated carbocycles. The maximum atomic E-state index is 7.02. The minimum Gasteiger partial charge on any atom is -0.388 e. The number of fused-ring (bicyclic) bond motifs is 2. The Morgan fingerprint density at radius 3 is 1.39 bits per heavy atom. The lowest BCUT2D eigenvalue weighted by atomic mass is 10.1. The van der Waals surface area contributed by atoms with Gasteiger partial charge in [0, 0.05) is 23.6 Å². The first kappa shape index (κ1) is 23.7. The second kappa shape index (κ2) is 11.6. The van der Waals surface area contributed by atoms with Gasteiger partial charge in [0.1, 0.15) is 0 Å². The molecule has 0 aliphatic rings. The standard InChI is InChI=1S/C30H36O2Si/c1-3-5-11-23-31-33(32-24-12-6-4-2,29-21-13-17-25-15-7-9-19-27(25)29)30-22-14-18-26-16-8-10-20-28(26)30/h7-10,13-22H,3-6,11-12,23-24H2,1-2H3. The van der Waals surface area contributed by atoms with E-state index in [4.69, 9.17) is 8.85 Å². The van der Waals surface area contributed by atoms with Crippen LogP contribution in [0.5, 0.6) is 0 Å². The summed E-state index contributed by atoms with van der Waals surface area (Å²) in [5.74, 6) is 0. The fraction of sp³-hybridized carbons (Fsp3) is 0.333. The molecule has 0 fully saturated rings. The summed E-state index contributed by atoms with van der Waals surface area (Å²) in [6, 6.07) is 30.5. The fourth-order valence-electron chi connectivity index (χ4n) is 4.66.